The molecule has 0 aliphatic carbocycles. The molecule has 1 unspecified atom stereocenters. The van der Waals surface area contributed by atoms with Crippen LogP contribution in [0.4, 0.5) is 0 Å². The normalized spacial score (nSPS) is 13.0. The molecule has 5 heteroatoms. The van der Waals surface area contributed by atoms with Crippen molar-refractivity contribution < 1.29 is 0 Å². The van der Waals surface area contributed by atoms with Gasteiger partial charge in [0, 0.05) is 11.1 Å². The number of hydrogen-bond acceptors (Lipinski definition) is 3. The Morgan fingerprint density at radius 3 is 2.80 bits per heavy atom. The second-order valence-corrected chi connectivity index (χ2v) is 6.49. The minimum Gasteiger partial charge on any atom is -0.317 e. The van der Waals surface area contributed by atoms with Crippen molar-refractivity contribution in [2.24, 2.45) is 0 Å². The van der Waals surface area contributed by atoms with E-state index in [0.29, 0.717) is 5.88 Å². The zero-order valence-corrected chi connectivity index (χ0v) is 13.3. The van der Waals surface area contributed by atoms with Crippen molar-refractivity contribution in [3.63, 3.8) is 0 Å². The van der Waals surface area contributed by atoms with Crippen molar-refractivity contribution in [3.8, 4) is 0 Å². The van der Waals surface area contributed by atoms with Gasteiger partial charge < -0.3 is 4.57 Å². The summed E-state index contributed by atoms with van der Waals surface area (Å²) in [5, 5.41) is 1.09. The van der Waals surface area contributed by atoms with Gasteiger partial charge in [-0.3, -0.25) is 0 Å². The van der Waals surface area contributed by atoms with Crippen LogP contribution in [0.3, 0.4) is 0 Å². The molecule has 1 aromatic carbocycles. The summed E-state index contributed by atoms with van der Waals surface area (Å²) >= 11 is 7.82. The predicted molar refractivity (Wildman–Crippen MR) is 84.7 cm³/mol. The molecule has 0 saturated carbocycles. The highest BCUT2D eigenvalue weighted by atomic mass is 35.5. The van der Waals surface area contributed by atoms with Crippen LogP contribution < -0.4 is 0 Å². The molecule has 0 aliphatic rings. The van der Waals surface area contributed by atoms with Crippen molar-refractivity contribution in [1.82, 2.24) is 14.5 Å². The van der Waals surface area contributed by atoms with Crippen LogP contribution in [-0.2, 0) is 5.88 Å². The van der Waals surface area contributed by atoms with Gasteiger partial charge in [0.25, 0.3) is 0 Å². The standard InChI is InChI=1S/C15H16ClN3S/c1-9-5-4-6-12-14(9)18-13(7-16)19(12)11(3)15-17-8-10(2)20-15/h4-6,8,11H,7H2,1-3H3. The Balaban J connectivity index is 2.21. The van der Waals surface area contributed by atoms with E-state index in [-0.39, 0.29) is 6.04 Å². The molecule has 20 heavy (non-hydrogen) atoms. The SMILES string of the molecule is Cc1cnc(C(C)n2c(CCl)nc3c(C)cccc32)s1. The third-order valence-electron chi connectivity index (χ3n) is 3.50. The lowest BCUT2D eigenvalue weighted by Crippen LogP contribution is -2.09. The molecule has 0 radical (unpaired) electrons. The number of benzene rings is 1. The summed E-state index contributed by atoms with van der Waals surface area (Å²) in [4.78, 5) is 10.4. The van der Waals surface area contributed by atoms with Gasteiger partial charge in [0.2, 0.25) is 0 Å². The van der Waals surface area contributed by atoms with Crippen LogP contribution in [0.25, 0.3) is 11.0 Å². The van der Waals surface area contributed by atoms with Crippen LogP contribution in [0.5, 0.6) is 0 Å². The molecule has 0 fully saturated rings. The van der Waals surface area contributed by atoms with Gasteiger partial charge in [-0.05, 0) is 32.4 Å². The Labute approximate surface area is 127 Å². The first kappa shape index (κ1) is 13.6. The zero-order valence-electron chi connectivity index (χ0n) is 11.7. The maximum Gasteiger partial charge on any atom is 0.125 e. The number of aryl methyl sites for hydroxylation is 2. The lowest BCUT2D eigenvalue weighted by Gasteiger charge is -2.14. The Kier molecular flexibility index (Phi) is 3.52. The van der Waals surface area contributed by atoms with Gasteiger partial charge >= 0.3 is 0 Å². The van der Waals surface area contributed by atoms with Gasteiger partial charge in [0.05, 0.1) is 23.0 Å². The fraction of sp³-hybridized carbons (Fsp3) is 0.333. The van der Waals surface area contributed by atoms with E-state index >= 15 is 0 Å². The van der Waals surface area contributed by atoms with E-state index in [1.807, 2.05) is 6.20 Å². The molecule has 0 saturated heterocycles. The number of nitrogens with zero attached hydrogens (tertiary/aromatic N) is 3. The van der Waals surface area contributed by atoms with Gasteiger partial charge in [-0.1, -0.05) is 12.1 Å². The molecule has 3 rings (SSSR count). The highest BCUT2D eigenvalue weighted by Gasteiger charge is 2.19. The molecule has 3 nitrogen and oxygen atoms in total. The van der Waals surface area contributed by atoms with Gasteiger partial charge in [-0.25, -0.2) is 9.97 Å². The first-order valence-corrected chi connectivity index (χ1v) is 7.91. The van der Waals surface area contributed by atoms with Crippen molar-refractivity contribution in [1.29, 1.82) is 0 Å². The van der Waals surface area contributed by atoms with Crippen molar-refractivity contribution in [2.75, 3.05) is 0 Å². The molecule has 0 amide bonds. The monoisotopic (exact) mass is 305 g/mol. The molecule has 0 spiro atoms. The molecule has 3 aromatic rings. The molecule has 1 atom stereocenters. The van der Waals surface area contributed by atoms with Crippen LogP contribution in [0.1, 0.15) is 34.2 Å². The molecule has 2 aromatic heterocycles. The summed E-state index contributed by atoms with van der Waals surface area (Å²) in [6.45, 7) is 6.31. The molecule has 0 N–H and O–H groups in total. The number of thiazole rings is 1. The van der Waals surface area contributed by atoms with E-state index in [4.69, 9.17) is 16.6 Å². The van der Waals surface area contributed by atoms with Crippen LogP contribution >= 0.6 is 22.9 Å². The van der Waals surface area contributed by atoms with E-state index in [9.17, 15) is 0 Å². The summed E-state index contributed by atoms with van der Waals surface area (Å²) in [6, 6.07) is 6.39. The topological polar surface area (TPSA) is 30.7 Å². The fourth-order valence-electron chi connectivity index (χ4n) is 2.51. The van der Waals surface area contributed by atoms with Gasteiger partial charge in [-0.2, -0.15) is 0 Å². The molecule has 0 bridgehead atoms. The minimum absolute atomic E-state index is 0.147. The lowest BCUT2D eigenvalue weighted by molar-refractivity contribution is 0.630. The summed E-state index contributed by atoms with van der Waals surface area (Å²) in [7, 11) is 0. The van der Waals surface area contributed by atoms with Gasteiger partial charge in [0.1, 0.15) is 10.8 Å². The van der Waals surface area contributed by atoms with Crippen molar-refractivity contribution in [2.45, 2.75) is 32.7 Å². The van der Waals surface area contributed by atoms with E-state index in [0.717, 1.165) is 21.9 Å². The fourth-order valence-corrected chi connectivity index (χ4v) is 3.51. The lowest BCUT2D eigenvalue weighted by atomic mass is 10.2. The average molecular weight is 306 g/mol. The number of rotatable bonds is 3. The van der Waals surface area contributed by atoms with Crippen molar-refractivity contribution >= 4 is 34.0 Å². The third kappa shape index (κ3) is 2.13. The van der Waals surface area contributed by atoms with Crippen LogP contribution in [-0.4, -0.2) is 14.5 Å². The summed E-state index contributed by atoms with van der Waals surface area (Å²) in [6.07, 6.45) is 1.92. The number of alkyl halides is 1. The van der Waals surface area contributed by atoms with Crippen LogP contribution in [0.2, 0.25) is 0 Å². The smallest absolute Gasteiger partial charge is 0.125 e. The Bertz CT molecular complexity index is 760. The van der Waals surface area contributed by atoms with E-state index < -0.39 is 0 Å². The zero-order chi connectivity index (χ0) is 14.3. The molecular weight excluding hydrogens is 290 g/mol. The quantitative estimate of drug-likeness (QED) is 0.669. The van der Waals surface area contributed by atoms with Gasteiger partial charge in [-0.15, -0.1) is 22.9 Å². The number of aromatic nitrogens is 3. The molecular formula is C15H16ClN3S. The largest absolute Gasteiger partial charge is 0.317 e. The number of para-hydroxylation sites is 1. The Hall–Kier alpha value is -1.39. The van der Waals surface area contributed by atoms with Gasteiger partial charge in [0.15, 0.2) is 0 Å². The second kappa shape index (κ2) is 5.19. The number of imidazole rings is 1. The highest BCUT2D eigenvalue weighted by molar-refractivity contribution is 7.11. The van der Waals surface area contributed by atoms with E-state index in [2.05, 4.69) is 48.5 Å². The molecule has 104 valence electrons. The summed E-state index contributed by atoms with van der Waals surface area (Å²) in [5.74, 6) is 1.30. The second-order valence-electron chi connectivity index (χ2n) is 4.96. The molecule has 2 heterocycles. The van der Waals surface area contributed by atoms with Crippen LogP contribution in [0, 0.1) is 13.8 Å². The minimum atomic E-state index is 0.147. The number of halogens is 1. The predicted octanol–water partition coefficient (Wildman–Crippen LogP) is 4.46. The third-order valence-corrected chi connectivity index (χ3v) is 4.82. The maximum atomic E-state index is 6.09. The first-order chi connectivity index (χ1) is 9.61. The van der Waals surface area contributed by atoms with Crippen LogP contribution in [0.15, 0.2) is 24.4 Å². The number of fused-ring (bicyclic) bond motifs is 1. The Morgan fingerprint density at radius 1 is 1.35 bits per heavy atom. The number of hydrogen-bond donors (Lipinski definition) is 0. The van der Waals surface area contributed by atoms with E-state index in [1.165, 1.54) is 10.4 Å². The summed E-state index contributed by atoms with van der Waals surface area (Å²) < 4.78 is 2.20. The maximum absolute atomic E-state index is 6.09. The highest BCUT2D eigenvalue weighted by Crippen LogP contribution is 2.30. The first-order valence-electron chi connectivity index (χ1n) is 6.56. The summed E-state index contributed by atoms with van der Waals surface area (Å²) in [5.41, 5.74) is 3.33. The average Bonchev–Trinajstić information content (AvgIpc) is 3.02. The van der Waals surface area contributed by atoms with E-state index in [1.54, 1.807) is 11.3 Å². The molecule has 0 aliphatic heterocycles. The Morgan fingerprint density at radius 2 is 2.15 bits per heavy atom. The van der Waals surface area contributed by atoms with Crippen molar-refractivity contribution in [3.05, 3.63) is 45.7 Å².